The molecule has 2 saturated carbocycles. The predicted molar refractivity (Wildman–Crippen MR) is 46.6 cm³/mol. The van der Waals surface area contributed by atoms with Crippen molar-refractivity contribution in [3.8, 4) is 0 Å². The van der Waals surface area contributed by atoms with Gasteiger partial charge in [-0.25, -0.2) is 8.78 Å². The topological polar surface area (TPSA) is 23.5 Å². The molecule has 0 aromatic heterocycles. The monoisotopic (exact) mass is 203 g/mol. The third-order valence-electron chi connectivity index (χ3n) is 4.13. The summed E-state index contributed by atoms with van der Waals surface area (Å²) in [5.74, 6) is 0. The molecule has 4 bridgehead atoms. The van der Waals surface area contributed by atoms with E-state index in [-0.39, 0.29) is 25.3 Å². The van der Waals surface area contributed by atoms with Crippen molar-refractivity contribution >= 4 is 0 Å². The van der Waals surface area contributed by atoms with Crippen LogP contribution in [0.1, 0.15) is 39.0 Å². The van der Waals surface area contributed by atoms with Gasteiger partial charge in [0.05, 0.1) is 0 Å². The maximum atomic E-state index is 14.2. The van der Waals surface area contributed by atoms with Crippen LogP contribution in [0.15, 0.2) is 0 Å². The summed E-state index contributed by atoms with van der Waals surface area (Å²) in [6, 6.07) is -0.314. The zero-order chi connectivity index (χ0) is 10.2. The van der Waals surface area contributed by atoms with Crippen molar-refractivity contribution in [1.82, 2.24) is 5.06 Å². The molecule has 0 radical (unpaired) electrons. The van der Waals surface area contributed by atoms with Crippen molar-refractivity contribution in [3.63, 3.8) is 0 Å². The van der Waals surface area contributed by atoms with Crippen LogP contribution in [-0.4, -0.2) is 33.2 Å². The van der Waals surface area contributed by atoms with Gasteiger partial charge in [0.2, 0.25) is 0 Å². The van der Waals surface area contributed by atoms with Gasteiger partial charge in [-0.2, -0.15) is 5.06 Å². The van der Waals surface area contributed by atoms with Gasteiger partial charge in [-0.15, -0.1) is 0 Å². The molecular formula is C10H15F2NO. The van der Waals surface area contributed by atoms with Crippen molar-refractivity contribution in [2.45, 2.75) is 61.9 Å². The first-order valence-corrected chi connectivity index (χ1v) is 5.20. The highest BCUT2D eigenvalue weighted by molar-refractivity contribution is 5.17. The average molecular weight is 203 g/mol. The van der Waals surface area contributed by atoms with Crippen LogP contribution >= 0.6 is 0 Å². The van der Waals surface area contributed by atoms with Gasteiger partial charge in [0.25, 0.3) is 0 Å². The molecule has 2 unspecified atom stereocenters. The number of hydrogen-bond donors (Lipinski definition) is 1. The Morgan fingerprint density at radius 1 is 1.14 bits per heavy atom. The lowest BCUT2D eigenvalue weighted by atomic mass is 9.56. The number of alkyl halides is 2. The number of hydroxylamine groups is 2. The summed E-state index contributed by atoms with van der Waals surface area (Å²) in [6.45, 7) is 1.76. The lowest BCUT2D eigenvalue weighted by Gasteiger charge is -2.63. The zero-order valence-corrected chi connectivity index (χ0v) is 8.26. The maximum absolute atomic E-state index is 14.2. The van der Waals surface area contributed by atoms with E-state index in [4.69, 9.17) is 0 Å². The minimum Gasteiger partial charge on any atom is -0.313 e. The molecule has 2 aliphatic carbocycles. The molecule has 4 rings (SSSR count). The third kappa shape index (κ3) is 0.959. The summed E-state index contributed by atoms with van der Waals surface area (Å²) in [5.41, 5.74) is -3.42. The van der Waals surface area contributed by atoms with Crippen molar-refractivity contribution in [1.29, 1.82) is 0 Å². The van der Waals surface area contributed by atoms with Crippen LogP contribution in [0.5, 0.6) is 0 Å². The van der Waals surface area contributed by atoms with Crippen LogP contribution in [0.2, 0.25) is 0 Å². The number of nitrogens with zero attached hydrogens (tertiary/aromatic N) is 1. The van der Waals surface area contributed by atoms with Crippen LogP contribution in [0.25, 0.3) is 0 Å². The lowest BCUT2D eigenvalue weighted by Crippen LogP contribution is -2.72. The Morgan fingerprint density at radius 2 is 1.64 bits per heavy atom. The molecular weight excluding hydrogens is 188 g/mol. The van der Waals surface area contributed by atoms with Crippen LogP contribution in [0.3, 0.4) is 0 Å². The molecule has 2 nitrogen and oxygen atoms in total. The summed E-state index contributed by atoms with van der Waals surface area (Å²) >= 11 is 0. The minimum absolute atomic E-state index is 0.0416. The fraction of sp³-hybridized carbons (Fsp3) is 1.00. The van der Waals surface area contributed by atoms with E-state index < -0.39 is 16.9 Å². The standard InChI is InChI=1S/C10H15F2NO/c1-8-4-9(11)2-7(13(8)14)3-10(12,5-8)6-9/h7,14H,2-6H2,1H3. The Morgan fingerprint density at radius 3 is 2.07 bits per heavy atom. The Labute approximate surface area is 81.8 Å². The van der Waals surface area contributed by atoms with Crippen LogP contribution < -0.4 is 0 Å². The van der Waals surface area contributed by atoms with E-state index in [9.17, 15) is 14.0 Å². The molecule has 0 amide bonds. The summed E-state index contributed by atoms with van der Waals surface area (Å²) < 4.78 is 28.3. The normalized spacial score (nSPS) is 62.1. The number of hydrogen-bond acceptors (Lipinski definition) is 2. The van der Waals surface area contributed by atoms with Crippen LogP contribution in [-0.2, 0) is 0 Å². The number of rotatable bonds is 0. The van der Waals surface area contributed by atoms with Gasteiger partial charge in [-0.05, 0) is 19.8 Å². The van der Waals surface area contributed by atoms with Gasteiger partial charge in [0.15, 0.2) is 0 Å². The molecule has 4 fully saturated rings. The highest BCUT2D eigenvalue weighted by Crippen LogP contribution is 2.60. The molecule has 14 heavy (non-hydrogen) atoms. The number of piperidine rings is 2. The lowest BCUT2D eigenvalue weighted by molar-refractivity contribution is -0.307. The quantitative estimate of drug-likeness (QED) is 0.652. The molecule has 4 heteroatoms. The predicted octanol–water partition coefficient (Wildman–Crippen LogP) is 2.21. The molecule has 2 saturated heterocycles. The second kappa shape index (κ2) is 2.14. The summed E-state index contributed by atoms with van der Waals surface area (Å²) in [6.07, 6.45) is 1.19. The molecule has 80 valence electrons. The first-order chi connectivity index (χ1) is 6.34. The molecule has 0 aromatic rings. The fourth-order valence-electron chi connectivity index (χ4n) is 4.10. The van der Waals surface area contributed by atoms with Crippen molar-refractivity contribution < 1.29 is 14.0 Å². The van der Waals surface area contributed by atoms with E-state index in [1.165, 1.54) is 5.06 Å². The Kier molecular flexibility index (Phi) is 1.38. The molecule has 0 aromatic carbocycles. The highest BCUT2D eigenvalue weighted by Gasteiger charge is 2.66. The SMILES string of the molecule is CC12CC3(F)CC(CC(F)(C3)C1)N2O. The average Bonchev–Trinajstić information content (AvgIpc) is 1.94. The molecule has 4 aliphatic rings. The Hall–Kier alpha value is -0.220. The van der Waals surface area contributed by atoms with E-state index in [1.54, 1.807) is 6.92 Å². The van der Waals surface area contributed by atoms with Gasteiger partial charge < -0.3 is 5.21 Å². The van der Waals surface area contributed by atoms with Crippen molar-refractivity contribution in [2.75, 3.05) is 0 Å². The molecule has 2 atom stereocenters. The molecule has 2 heterocycles. The maximum Gasteiger partial charge on any atom is 0.117 e. The summed E-state index contributed by atoms with van der Waals surface area (Å²) in [5, 5.41) is 11.0. The second-order valence-electron chi connectivity index (χ2n) is 5.74. The van der Waals surface area contributed by atoms with Gasteiger partial charge in [0.1, 0.15) is 11.3 Å². The summed E-state index contributed by atoms with van der Waals surface area (Å²) in [7, 11) is 0. The fourth-order valence-corrected chi connectivity index (χ4v) is 4.10. The van der Waals surface area contributed by atoms with Crippen molar-refractivity contribution in [2.24, 2.45) is 0 Å². The molecule has 1 N–H and O–H groups in total. The van der Waals surface area contributed by atoms with E-state index >= 15 is 0 Å². The third-order valence-corrected chi connectivity index (χ3v) is 4.13. The van der Waals surface area contributed by atoms with Gasteiger partial charge in [-0.1, -0.05) is 0 Å². The van der Waals surface area contributed by atoms with E-state index in [2.05, 4.69) is 0 Å². The van der Waals surface area contributed by atoms with E-state index in [0.29, 0.717) is 12.8 Å². The Balaban J connectivity index is 2.06. The van der Waals surface area contributed by atoms with Gasteiger partial charge in [0, 0.05) is 30.8 Å². The Bertz CT molecular complexity index is 278. The molecule has 2 aliphatic heterocycles. The van der Waals surface area contributed by atoms with Crippen LogP contribution in [0, 0.1) is 0 Å². The first-order valence-electron chi connectivity index (χ1n) is 5.20. The minimum atomic E-state index is -1.37. The van der Waals surface area contributed by atoms with Gasteiger partial charge >= 0.3 is 0 Å². The second-order valence-corrected chi connectivity index (χ2v) is 5.74. The largest absolute Gasteiger partial charge is 0.313 e. The summed E-state index contributed by atoms with van der Waals surface area (Å²) in [4.78, 5) is 0. The number of halogens is 2. The smallest absolute Gasteiger partial charge is 0.117 e. The van der Waals surface area contributed by atoms with Crippen LogP contribution in [0.4, 0.5) is 8.78 Å². The van der Waals surface area contributed by atoms with E-state index in [0.717, 1.165) is 0 Å². The van der Waals surface area contributed by atoms with E-state index in [1.807, 2.05) is 0 Å². The highest BCUT2D eigenvalue weighted by atomic mass is 19.2. The zero-order valence-electron chi connectivity index (χ0n) is 8.26. The molecule has 0 spiro atoms. The van der Waals surface area contributed by atoms with Gasteiger partial charge in [-0.3, -0.25) is 0 Å². The van der Waals surface area contributed by atoms with Crippen molar-refractivity contribution in [3.05, 3.63) is 0 Å². The first kappa shape index (κ1) is 9.04.